The topological polar surface area (TPSA) is 98.5 Å². The smallest absolute Gasteiger partial charge is 0.339 e. The zero-order chi connectivity index (χ0) is 19.4. The molecule has 1 atom stereocenters. The first-order valence-corrected chi connectivity index (χ1v) is 7.41. The molecule has 0 aliphatic heterocycles. The monoisotopic (exact) mass is 364 g/mol. The van der Waals surface area contributed by atoms with Crippen LogP contribution in [0.4, 0.5) is 20.2 Å². The Kier molecular flexibility index (Phi) is 5.61. The van der Waals surface area contributed by atoms with E-state index in [1.807, 2.05) is 0 Å². The van der Waals surface area contributed by atoms with Gasteiger partial charge >= 0.3 is 5.97 Å². The average molecular weight is 364 g/mol. The van der Waals surface area contributed by atoms with Crippen LogP contribution in [0.1, 0.15) is 22.8 Å². The molecule has 26 heavy (non-hydrogen) atoms. The molecule has 0 bridgehead atoms. The summed E-state index contributed by atoms with van der Waals surface area (Å²) in [5, 5.41) is 13.0. The fraction of sp³-hybridized carbons (Fsp3) is 0.176. The second-order valence-corrected chi connectivity index (χ2v) is 5.42. The fourth-order valence-electron chi connectivity index (χ4n) is 2.04. The maximum absolute atomic E-state index is 13.5. The number of carbonyl (C=O) groups is 2. The number of nitro benzene ring substituents is 1. The van der Waals surface area contributed by atoms with E-state index < -0.39 is 40.2 Å². The van der Waals surface area contributed by atoms with Gasteiger partial charge in [-0.05, 0) is 32.0 Å². The van der Waals surface area contributed by atoms with Crippen LogP contribution in [0.2, 0.25) is 0 Å². The third-order valence-corrected chi connectivity index (χ3v) is 3.48. The van der Waals surface area contributed by atoms with Gasteiger partial charge < -0.3 is 10.1 Å². The molecule has 2 aromatic carbocycles. The molecule has 136 valence electrons. The highest BCUT2D eigenvalue weighted by Crippen LogP contribution is 2.20. The van der Waals surface area contributed by atoms with Crippen molar-refractivity contribution in [3.63, 3.8) is 0 Å². The van der Waals surface area contributed by atoms with E-state index in [0.717, 1.165) is 24.3 Å². The number of hydrogen-bond donors (Lipinski definition) is 1. The van der Waals surface area contributed by atoms with E-state index >= 15 is 0 Å². The number of rotatable bonds is 5. The van der Waals surface area contributed by atoms with Gasteiger partial charge in [-0.1, -0.05) is 6.07 Å². The van der Waals surface area contributed by atoms with E-state index in [2.05, 4.69) is 5.32 Å². The molecule has 0 aliphatic carbocycles. The number of aryl methyl sites for hydroxylation is 1. The number of nitrogens with zero attached hydrogens (tertiary/aromatic N) is 1. The van der Waals surface area contributed by atoms with Gasteiger partial charge in [-0.25, -0.2) is 13.6 Å². The number of nitro groups is 1. The zero-order valence-corrected chi connectivity index (χ0v) is 13.8. The van der Waals surface area contributed by atoms with E-state index in [1.54, 1.807) is 0 Å². The molecule has 0 fully saturated rings. The molecule has 0 aromatic heterocycles. The minimum Gasteiger partial charge on any atom is -0.449 e. The SMILES string of the molecule is Cc1ccc(C(=O)O[C@@H](C)C(=O)Nc2cc(F)ccc2F)cc1[N+](=O)[O-]. The van der Waals surface area contributed by atoms with Crippen molar-refractivity contribution in [1.29, 1.82) is 0 Å². The number of anilines is 1. The Labute approximate surface area is 146 Å². The lowest BCUT2D eigenvalue weighted by Gasteiger charge is -2.14. The molecular weight excluding hydrogens is 350 g/mol. The van der Waals surface area contributed by atoms with Crippen LogP contribution >= 0.6 is 0 Å². The molecule has 2 aromatic rings. The standard InChI is InChI=1S/C17H14F2N2O5/c1-9-3-4-11(7-15(9)21(24)25)17(23)26-10(2)16(22)20-14-8-12(18)5-6-13(14)19/h3-8,10H,1-2H3,(H,20,22)/t10-/m0/s1. The molecule has 0 saturated heterocycles. The molecule has 7 nitrogen and oxygen atoms in total. The summed E-state index contributed by atoms with van der Waals surface area (Å²) >= 11 is 0. The summed E-state index contributed by atoms with van der Waals surface area (Å²) in [6.07, 6.45) is -1.34. The first-order valence-electron chi connectivity index (χ1n) is 7.41. The number of nitrogens with one attached hydrogen (secondary N) is 1. The van der Waals surface area contributed by atoms with Crippen molar-refractivity contribution in [2.75, 3.05) is 5.32 Å². The van der Waals surface area contributed by atoms with Crippen molar-refractivity contribution in [2.45, 2.75) is 20.0 Å². The summed E-state index contributed by atoms with van der Waals surface area (Å²) in [6.45, 7) is 2.74. The van der Waals surface area contributed by atoms with Crippen LogP contribution in [0.15, 0.2) is 36.4 Å². The molecule has 0 heterocycles. The average Bonchev–Trinajstić information content (AvgIpc) is 2.58. The van der Waals surface area contributed by atoms with Crippen molar-refractivity contribution >= 4 is 23.3 Å². The number of amides is 1. The van der Waals surface area contributed by atoms with Crippen LogP contribution in [0.3, 0.4) is 0 Å². The Morgan fingerprint density at radius 3 is 2.54 bits per heavy atom. The second kappa shape index (κ2) is 7.68. The molecule has 0 aliphatic rings. The van der Waals surface area contributed by atoms with Gasteiger partial charge in [-0.15, -0.1) is 0 Å². The lowest BCUT2D eigenvalue weighted by Crippen LogP contribution is -2.30. The van der Waals surface area contributed by atoms with Crippen LogP contribution in [0.5, 0.6) is 0 Å². The van der Waals surface area contributed by atoms with E-state index in [1.165, 1.54) is 26.0 Å². The van der Waals surface area contributed by atoms with E-state index in [0.29, 0.717) is 5.56 Å². The number of halogens is 2. The molecular formula is C17H14F2N2O5. The number of esters is 1. The van der Waals surface area contributed by atoms with Crippen molar-refractivity contribution in [2.24, 2.45) is 0 Å². The fourth-order valence-corrected chi connectivity index (χ4v) is 2.04. The normalized spacial score (nSPS) is 11.5. The molecule has 0 spiro atoms. The van der Waals surface area contributed by atoms with Gasteiger partial charge in [-0.2, -0.15) is 0 Å². The van der Waals surface area contributed by atoms with E-state index in [9.17, 15) is 28.5 Å². The van der Waals surface area contributed by atoms with E-state index in [-0.39, 0.29) is 11.3 Å². The Balaban J connectivity index is 2.09. The van der Waals surface area contributed by atoms with Crippen molar-refractivity contribution in [3.05, 3.63) is 69.3 Å². The summed E-state index contributed by atoms with van der Waals surface area (Å²) in [5.41, 5.74) is -0.417. The second-order valence-electron chi connectivity index (χ2n) is 5.42. The van der Waals surface area contributed by atoms with Crippen molar-refractivity contribution in [1.82, 2.24) is 0 Å². The Bertz CT molecular complexity index is 885. The van der Waals surface area contributed by atoms with Crippen molar-refractivity contribution in [3.8, 4) is 0 Å². The molecule has 0 unspecified atom stereocenters. The van der Waals surface area contributed by atoms with E-state index in [4.69, 9.17) is 4.74 Å². The third-order valence-electron chi connectivity index (χ3n) is 3.48. The van der Waals surface area contributed by atoms with Gasteiger partial charge in [0.1, 0.15) is 11.6 Å². The predicted octanol–water partition coefficient (Wildman–Crippen LogP) is 3.37. The minimum atomic E-state index is -1.34. The number of carbonyl (C=O) groups excluding carboxylic acids is 2. The molecule has 9 heteroatoms. The minimum absolute atomic E-state index is 0.112. The number of hydrogen-bond acceptors (Lipinski definition) is 5. The highest BCUT2D eigenvalue weighted by Gasteiger charge is 2.22. The first kappa shape index (κ1) is 19.0. The maximum atomic E-state index is 13.5. The van der Waals surface area contributed by atoms with Gasteiger partial charge in [0.15, 0.2) is 6.10 Å². The van der Waals surface area contributed by atoms with Gasteiger partial charge in [0.25, 0.3) is 11.6 Å². The summed E-state index contributed by atoms with van der Waals surface area (Å²) in [4.78, 5) is 34.3. The van der Waals surface area contributed by atoms with Gasteiger partial charge in [-0.3, -0.25) is 14.9 Å². The Morgan fingerprint density at radius 1 is 1.19 bits per heavy atom. The number of benzene rings is 2. The summed E-state index contributed by atoms with van der Waals surface area (Å²) in [7, 11) is 0. The molecule has 0 radical (unpaired) electrons. The molecule has 1 amide bonds. The van der Waals surface area contributed by atoms with Crippen LogP contribution in [-0.4, -0.2) is 22.9 Å². The molecule has 2 rings (SSSR count). The van der Waals surface area contributed by atoms with Crippen molar-refractivity contribution < 1.29 is 28.0 Å². The van der Waals surface area contributed by atoms with Gasteiger partial charge in [0.05, 0.1) is 16.2 Å². The molecule has 1 N–H and O–H groups in total. The summed E-state index contributed by atoms with van der Waals surface area (Å²) in [5.74, 6) is -3.45. The lowest BCUT2D eigenvalue weighted by atomic mass is 10.1. The largest absolute Gasteiger partial charge is 0.449 e. The van der Waals surface area contributed by atoms with Crippen LogP contribution in [0, 0.1) is 28.7 Å². The number of ether oxygens (including phenoxy) is 1. The van der Waals surface area contributed by atoms with Gasteiger partial charge in [0, 0.05) is 17.7 Å². The summed E-state index contributed by atoms with van der Waals surface area (Å²) in [6, 6.07) is 6.24. The zero-order valence-electron chi connectivity index (χ0n) is 13.8. The highest BCUT2D eigenvalue weighted by atomic mass is 19.1. The highest BCUT2D eigenvalue weighted by molar-refractivity contribution is 5.97. The third kappa shape index (κ3) is 4.38. The maximum Gasteiger partial charge on any atom is 0.339 e. The van der Waals surface area contributed by atoms with Crippen LogP contribution in [0.25, 0.3) is 0 Å². The predicted molar refractivity (Wildman–Crippen MR) is 87.7 cm³/mol. The summed E-state index contributed by atoms with van der Waals surface area (Å²) < 4.78 is 31.6. The first-order chi connectivity index (χ1) is 12.2. The van der Waals surface area contributed by atoms with Gasteiger partial charge in [0.2, 0.25) is 0 Å². The quantitative estimate of drug-likeness (QED) is 0.498. The van der Waals surface area contributed by atoms with Crippen LogP contribution in [-0.2, 0) is 9.53 Å². The van der Waals surface area contributed by atoms with Crippen LogP contribution < -0.4 is 5.32 Å². The lowest BCUT2D eigenvalue weighted by molar-refractivity contribution is -0.385. The Morgan fingerprint density at radius 2 is 1.88 bits per heavy atom. The molecule has 0 saturated carbocycles. The Hall–Kier alpha value is -3.36.